The van der Waals surface area contributed by atoms with Crippen LogP contribution in [0.15, 0.2) is 33.7 Å². The Morgan fingerprint density at radius 2 is 2.12 bits per heavy atom. The molecular formula is C23H28N4O5S. The normalized spacial score (nSPS) is 12.2. The Morgan fingerprint density at radius 3 is 2.79 bits per heavy atom. The van der Waals surface area contributed by atoms with Crippen LogP contribution in [0.3, 0.4) is 0 Å². The van der Waals surface area contributed by atoms with Crippen LogP contribution < -0.4 is 15.3 Å². The molecule has 0 aliphatic heterocycles. The minimum atomic E-state index is -0.589. The molecule has 2 heterocycles. The number of oxazole rings is 1. The fourth-order valence-electron chi connectivity index (χ4n) is 3.29. The van der Waals surface area contributed by atoms with Gasteiger partial charge in [-0.15, -0.1) is 0 Å². The highest BCUT2D eigenvalue weighted by Gasteiger charge is 2.20. The van der Waals surface area contributed by atoms with Crippen LogP contribution in [0.2, 0.25) is 0 Å². The Morgan fingerprint density at radius 1 is 1.33 bits per heavy atom. The second kappa shape index (κ2) is 11.1. The molecule has 0 aliphatic carbocycles. The summed E-state index contributed by atoms with van der Waals surface area (Å²) in [6.45, 7) is 6.30. The fraction of sp³-hybridized carbons (Fsp3) is 0.391. The van der Waals surface area contributed by atoms with Gasteiger partial charge < -0.3 is 24.6 Å². The van der Waals surface area contributed by atoms with Crippen molar-refractivity contribution >= 4 is 33.4 Å². The predicted octanol–water partition coefficient (Wildman–Crippen LogP) is 3.13. The monoisotopic (exact) mass is 472 g/mol. The number of hydrogen-bond donors (Lipinski definition) is 2. The second-order valence-electron chi connectivity index (χ2n) is 7.27. The highest BCUT2D eigenvalue weighted by Crippen LogP contribution is 2.30. The van der Waals surface area contributed by atoms with E-state index in [0.717, 1.165) is 6.42 Å². The lowest BCUT2D eigenvalue weighted by Gasteiger charge is -2.11. The number of carbonyl (C=O) groups excluding carboxylic acids is 2. The number of benzene rings is 1. The van der Waals surface area contributed by atoms with Crippen molar-refractivity contribution in [1.82, 2.24) is 9.55 Å². The van der Waals surface area contributed by atoms with Gasteiger partial charge in [0.25, 0.3) is 0 Å². The smallest absolute Gasteiger partial charge is 0.317 e. The number of ether oxygens (including phenoxy) is 1. The van der Waals surface area contributed by atoms with E-state index in [-0.39, 0.29) is 24.5 Å². The van der Waals surface area contributed by atoms with Crippen molar-refractivity contribution in [3.8, 4) is 5.75 Å². The number of aliphatic hydroxyl groups is 1. The van der Waals surface area contributed by atoms with Gasteiger partial charge in [0.1, 0.15) is 11.3 Å². The van der Waals surface area contributed by atoms with Gasteiger partial charge in [0, 0.05) is 32.1 Å². The minimum absolute atomic E-state index is 0.0209. The fourth-order valence-corrected chi connectivity index (χ4v) is 4.38. The van der Waals surface area contributed by atoms with E-state index in [9.17, 15) is 9.59 Å². The topological polar surface area (TPSA) is 133 Å². The molecule has 2 amide bonds. The Bertz CT molecular complexity index is 1250. The molecule has 2 aromatic heterocycles. The van der Waals surface area contributed by atoms with E-state index in [1.165, 1.54) is 11.3 Å². The summed E-state index contributed by atoms with van der Waals surface area (Å²) in [5.41, 5.74) is 7.06. The molecule has 33 heavy (non-hydrogen) atoms. The number of fused-ring (bicyclic) bond motifs is 1. The average molecular weight is 473 g/mol. The SMILES string of the molecule is CC/C=C/Cn1c(=NC(=O)c2oc(C)nc2CC)sc2cc(C(N)=O)cc(OCCCO)c21. The first-order valence-corrected chi connectivity index (χ1v) is 11.6. The van der Waals surface area contributed by atoms with Crippen molar-refractivity contribution in [2.45, 2.75) is 46.6 Å². The van der Waals surface area contributed by atoms with Gasteiger partial charge in [-0.3, -0.25) is 9.59 Å². The number of rotatable bonds is 10. The number of carbonyl (C=O) groups is 2. The Hall–Kier alpha value is -3.24. The van der Waals surface area contributed by atoms with Crippen molar-refractivity contribution < 1.29 is 23.8 Å². The summed E-state index contributed by atoms with van der Waals surface area (Å²) in [7, 11) is 0. The lowest BCUT2D eigenvalue weighted by molar-refractivity contribution is 0.0967. The first-order valence-electron chi connectivity index (χ1n) is 10.8. The van der Waals surface area contributed by atoms with Gasteiger partial charge in [0.2, 0.25) is 11.7 Å². The summed E-state index contributed by atoms with van der Waals surface area (Å²) >= 11 is 1.25. The van der Waals surface area contributed by atoms with Gasteiger partial charge in [-0.05, 0) is 25.0 Å². The van der Waals surface area contributed by atoms with Gasteiger partial charge in [0.05, 0.1) is 17.0 Å². The number of aromatic nitrogens is 2. The van der Waals surface area contributed by atoms with E-state index in [0.29, 0.717) is 51.7 Å². The summed E-state index contributed by atoms with van der Waals surface area (Å²) < 4.78 is 13.9. The Kier molecular flexibility index (Phi) is 8.18. The van der Waals surface area contributed by atoms with E-state index in [4.69, 9.17) is 20.0 Å². The van der Waals surface area contributed by atoms with E-state index in [1.54, 1.807) is 19.1 Å². The minimum Gasteiger partial charge on any atom is -0.491 e. The third-order valence-electron chi connectivity index (χ3n) is 4.81. The average Bonchev–Trinajstić information content (AvgIpc) is 3.33. The van der Waals surface area contributed by atoms with E-state index < -0.39 is 11.8 Å². The molecule has 0 atom stereocenters. The van der Waals surface area contributed by atoms with Gasteiger partial charge in [-0.1, -0.05) is 37.3 Å². The molecule has 0 aliphatic rings. The number of nitrogens with two attached hydrogens (primary N) is 1. The van der Waals surface area contributed by atoms with Gasteiger partial charge in [0.15, 0.2) is 10.7 Å². The van der Waals surface area contributed by atoms with Crippen LogP contribution in [0.4, 0.5) is 0 Å². The maximum absolute atomic E-state index is 13.0. The summed E-state index contributed by atoms with van der Waals surface area (Å²) in [5.74, 6) is -0.139. The third kappa shape index (κ3) is 5.58. The Labute approximate surface area is 195 Å². The molecular weight excluding hydrogens is 444 g/mol. The van der Waals surface area contributed by atoms with Gasteiger partial charge >= 0.3 is 5.91 Å². The maximum atomic E-state index is 13.0. The van der Waals surface area contributed by atoms with E-state index >= 15 is 0 Å². The van der Waals surface area contributed by atoms with Crippen LogP contribution in [0.25, 0.3) is 10.2 Å². The van der Waals surface area contributed by atoms with Crippen LogP contribution >= 0.6 is 11.3 Å². The van der Waals surface area contributed by atoms with E-state index in [2.05, 4.69) is 9.98 Å². The molecule has 0 fully saturated rings. The second-order valence-corrected chi connectivity index (χ2v) is 8.27. The Balaban J connectivity index is 2.22. The largest absolute Gasteiger partial charge is 0.491 e. The summed E-state index contributed by atoms with van der Waals surface area (Å²) in [4.78, 5) is 33.9. The molecule has 9 nitrogen and oxygen atoms in total. The molecule has 3 rings (SSSR count). The molecule has 3 N–H and O–H groups in total. The summed E-state index contributed by atoms with van der Waals surface area (Å²) in [6.07, 6.45) is 5.83. The molecule has 0 saturated heterocycles. The lowest BCUT2D eigenvalue weighted by atomic mass is 10.2. The molecule has 10 heteroatoms. The summed E-state index contributed by atoms with van der Waals surface area (Å²) in [6, 6.07) is 3.25. The number of primary amides is 1. The molecule has 3 aromatic rings. The highest BCUT2D eigenvalue weighted by molar-refractivity contribution is 7.16. The molecule has 0 radical (unpaired) electrons. The zero-order valence-corrected chi connectivity index (χ0v) is 19.8. The highest BCUT2D eigenvalue weighted by atomic mass is 32.1. The summed E-state index contributed by atoms with van der Waals surface area (Å²) in [5, 5.41) is 9.12. The number of amides is 2. The standard InChI is InChI=1S/C23H28N4O5S/c1-4-6-7-9-27-19-17(31-11-8-10-28)12-15(21(24)29)13-18(19)33-23(27)26-22(30)20-16(5-2)25-14(3)32-20/h6-7,12-13,28H,4-5,8-11H2,1-3H3,(H2,24,29)/b7-6+,26-23?. The maximum Gasteiger partial charge on any atom is 0.317 e. The number of thiazole rings is 1. The third-order valence-corrected chi connectivity index (χ3v) is 5.83. The van der Waals surface area contributed by atoms with E-state index in [1.807, 2.05) is 30.6 Å². The zero-order chi connectivity index (χ0) is 24.0. The van der Waals surface area contributed by atoms with Crippen LogP contribution in [0.5, 0.6) is 5.75 Å². The van der Waals surface area contributed by atoms with Crippen molar-refractivity contribution in [2.24, 2.45) is 10.7 Å². The number of hydrogen-bond acceptors (Lipinski definition) is 7. The molecule has 0 bridgehead atoms. The first-order chi connectivity index (χ1) is 15.9. The number of aryl methyl sites for hydroxylation is 2. The molecule has 0 unspecified atom stereocenters. The van der Waals surface area contributed by atoms with Crippen molar-refractivity contribution in [2.75, 3.05) is 13.2 Å². The van der Waals surface area contributed by atoms with Gasteiger partial charge in [-0.25, -0.2) is 4.98 Å². The first kappa shape index (κ1) is 24.4. The molecule has 0 saturated carbocycles. The van der Waals surface area contributed by atoms with Gasteiger partial charge in [-0.2, -0.15) is 4.99 Å². The predicted molar refractivity (Wildman–Crippen MR) is 125 cm³/mol. The molecule has 1 aromatic carbocycles. The molecule has 176 valence electrons. The lowest BCUT2D eigenvalue weighted by Crippen LogP contribution is -2.17. The van der Waals surface area contributed by atoms with Crippen LogP contribution in [0, 0.1) is 6.92 Å². The molecule has 0 spiro atoms. The number of nitrogens with zero attached hydrogens (tertiary/aromatic N) is 3. The van der Waals surface area contributed by atoms with Crippen LogP contribution in [0.1, 0.15) is 59.2 Å². The van der Waals surface area contributed by atoms with Crippen LogP contribution in [-0.4, -0.2) is 39.7 Å². The van der Waals surface area contributed by atoms with Crippen molar-refractivity contribution in [1.29, 1.82) is 0 Å². The van der Waals surface area contributed by atoms with Crippen molar-refractivity contribution in [3.63, 3.8) is 0 Å². The zero-order valence-electron chi connectivity index (χ0n) is 19.0. The quantitative estimate of drug-likeness (QED) is 0.344. The van der Waals surface area contributed by atoms with Crippen molar-refractivity contribution in [3.05, 3.63) is 52.0 Å². The number of aliphatic hydroxyl groups excluding tert-OH is 1. The van der Waals surface area contributed by atoms with Crippen LogP contribution in [-0.2, 0) is 13.0 Å². The number of allylic oxidation sites excluding steroid dienone is 2.